The van der Waals surface area contributed by atoms with Gasteiger partial charge in [0.1, 0.15) is 0 Å². The first-order chi connectivity index (χ1) is 17.9. The molecule has 0 radical (unpaired) electrons. The number of carboxylic acid groups (broad SMARTS) is 1. The molecule has 6 rings (SSSR count). The van der Waals surface area contributed by atoms with Crippen molar-refractivity contribution in [2.45, 2.75) is 45.1 Å². The number of tetrazole rings is 1. The number of benzene rings is 2. The first-order valence-corrected chi connectivity index (χ1v) is 13.4. The number of aromatic nitrogens is 5. The summed E-state index contributed by atoms with van der Waals surface area (Å²) in [5, 5.41) is 25.2. The van der Waals surface area contributed by atoms with Crippen LogP contribution in [0.3, 0.4) is 0 Å². The second-order valence-corrected chi connectivity index (χ2v) is 11.1. The molecule has 4 aromatic rings. The number of aliphatic carboxylic acids is 1. The van der Waals surface area contributed by atoms with E-state index < -0.39 is 11.4 Å². The predicted molar refractivity (Wildman–Crippen MR) is 141 cm³/mol. The molecule has 1 amide bonds. The van der Waals surface area contributed by atoms with Crippen molar-refractivity contribution in [1.29, 1.82) is 0 Å². The van der Waals surface area contributed by atoms with Crippen LogP contribution in [0.2, 0.25) is 0 Å². The monoisotopic (exact) mass is 562 g/mol. The van der Waals surface area contributed by atoms with E-state index in [1.54, 1.807) is 4.90 Å². The number of hydrogen-bond donors (Lipinski definition) is 3. The van der Waals surface area contributed by atoms with Gasteiger partial charge in [-0.15, -0.1) is 10.2 Å². The summed E-state index contributed by atoms with van der Waals surface area (Å²) in [5.41, 5.74) is 3.96. The molecule has 2 saturated carbocycles. The van der Waals surface area contributed by atoms with Crippen molar-refractivity contribution in [3.63, 3.8) is 0 Å². The van der Waals surface area contributed by atoms with E-state index in [0.717, 1.165) is 63.4 Å². The van der Waals surface area contributed by atoms with Crippen LogP contribution in [0.25, 0.3) is 33.5 Å². The number of hydrogen-bond acceptors (Lipinski definition) is 5. The van der Waals surface area contributed by atoms with Crippen molar-refractivity contribution in [3.8, 4) is 22.6 Å². The van der Waals surface area contributed by atoms with Crippen LogP contribution in [0.15, 0.2) is 46.9 Å². The lowest BCUT2D eigenvalue weighted by Gasteiger charge is -2.32. The molecule has 9 nitrogen and oxygen atoms in total. The maximum atomic E-state index is 13.2. The summed E-state index contributed by atoms with van der Waals surface area (Å²) < 4.78 is 0.939. The second-order valence-electron chi connectivity index (χ2n) is 10.3. The third-order valence-electron chi connectivity index (χ3n) is 7.70. The van der Waals surface area contributed by atoms with E-state index in [4.69, 9.17) is 0 Å². The summed E-state index contributed by atoms with van der Waals surface area (Å²) in [6.07, 6.45) is 4.86. The Balaban J connectivity index is 1.28. The summed E-state index contributed by atoms with van der Waals surface area (Å²) in [6.45, 7) is 0.689. The zero-order chi connectivity index (χ0) is 25.6. The maximum absolute atomic E-state index is 13.2. The Bertz CT molecular complexity index is 1450. The summed E-state index contributed by atoms with van der Waals surface area (Å²) in [7, 11) is 0. The number of nitrogens with one attached hydrogen (secondary N) is 2. The third kappa shape index (κ3) is 4.54. The van der Waals surface area contributed by atoms with Gasteiger partial charge in [-0.2, -0.15) is 5.21 Å². The van der Waals surface area contributed by atoms with Crippen molar-refractivity contribution in [2.75, 3.05) is 6.54 Å². The van der Waals surface area contributed by atoms with E-state index >= 15 is 0 Å². The number of rotatable bonds is 8. The number of carboxylic acids is 1. The van der Waals surface area contributed by atoms with Gasteiger partial charge in [-0.3, -0.25) is 9.59 Å². The molecule has 0 bridgehead atoms. The summed E-state index contributed by atoms with van der Waals surface area (Å²) in [6, 6.07) is 14.0. The van der Waals surface area contributed by atoms with Gasteiger partial charge in [0.2, 0.25) is 11.7 Å². The van der Waals surface area contributed by atoms with Crippen LogP contribution < -0.4 is 0 Å². The quantitative estimate of drug-likeness (QED) is 0.272. The molecule has 0 unspecified atom stereocenters. The standard InChI is InChI=1S/C27H27BrN6O3/c28-22-20-13-16(14-34(25(35)19-8-9-19)15-27(26(36)37)11-1-2-12-27)3-10-21(20)29-23(22)17-4-6-18(7-5-17)24-30-32-33-31-24/h3-7,10,13,19,29H,1-2,8-9,11-12,14-15H2,(H,36,37)(H,30,31,32,33). The summed E-state index contributed by atoms with van der Waals surface area (Å²) >= 11 is 3.78. The Morgan fingerprint density at radius 2 is 1.81 bits per heavy atom. The fourth-order valence-corrected chi connectivity index (χ4v) is 6.11. The molecule has 190 valence electrons. The van der Waals surface area contributed by atoms with Crippen LogP contribution >= 0.6 is 15.9 Å². The third-order valence-corrected chi connectivity index (χ3v) is 8.52. The first-order valence-electron chi connectivity index (χ1n) is 12.6. The van der Waals surface area contributed by atoms with Gasteiger partial charge in [0.15, 0.2) is 0 Å². The lowest BCUT2D eigenvalue weighted by Crippen LogP contribution is -2.44. The van der Waals surface area contributed by atoms with Crippen LogP contribution in [0.5, 0.6) is 0 Å². The van der Waals surface area contributed by atoms with E-state index in [9.17, 15) is 14.7 Å². The van der Waals surface area contributed by atoms with Crippen LogP contribution in [0.4, 0.5) is 0 Å². The van der Waals surface area contributed by atoms with Gasteiger partial charge in [0.05, 0.1) is 15.6 Å². The van der Waals surface area contributed by atoms with Crippen molar-refractivity contribution >= 4 is 38.7 Å². The Hall–Kier alpha value is -3.53. The first kappa shape index (κ1) is 23.8. The van der Waals surface area contributed by atoms with Crippen molar-refractivity contribution in [2.24, 2.45) is 11.3 Å². The van der Waals surface area contributed by atoms with Crippen molar-refractivity contribution in [3.05, 3.63) is 52.5 Å². The minimum Gasteiger partial charge on any atom is -0.481 e. The van der Waals surface area contributed by atoms with Gasteiger partial charge in [-0.25, -0.2) is 0 Å². The highest BCUT2D eigenvalue weighted by atomic mass is 79.9. The molecule has 2 aromatic carbocycles. The highest BCUT2D eigenvalue weighted by Gasteiger charge is 2.45. The molecule has 0 atom stereocenters. The number of H-pyrrole nitrogens is 2. The highest BCUT2D eigenvalue weighted by molar-refractivity contribution is 9.10. The van der Waals surface area contributed by atoms with Crippen LogP contribution in [-0.2, 0) is 16.1 Å². The molecular weight excluding hydrogens is 536 g/mol. The van der Waals surface area contributed by atoms with E-state index in [1.807, 2.05) is 36.4 Å². The number of aromatic amines is 2. The number of carbonyl (C=O) groups is 2. The molecule has 2 heterocycles. The van der Waals surface area contributed by atoms with Crippen LogP contribution in [0.1, 0.15) is 44.1 Å². The van der Waals surface area contributed by atoms with E-state index in [2.05, 4.69) is 47.6 Å². The number of fused-ring (bicyclic) bond motifs is 1. The Morgan fingerprint density at radius 1 is 1.08 bits per heavy atom. The van der Waals surface area contributed by atoms with E-state index in [1.165, 1.54) is 0 Å². The molecule has 0 aliphatic heterocycles. The largest absolute Gasteiger partial charge is 0.481 e. The molecule has 2 aliphatic rings. The van der Waals surface area contributed by atoms with Crippen LogP contribution in [-0.4, -0.2) is 54.0 Å². The summed E-state index contributed by atoms with van der Waals surface area (Å²) in [4.78, 5) is 30.7. The van der Waals surface area contributed by atoms with Crippen molar-refractivity contribution < 1.29 is 14.7 Å². The molecule has 2 fully saturated rings. The van der Waals surface area contributed by atoms with Gasteiger partial charge in [-0.05, 0) is 70.1 Å². The zero-order valence-electron chi connectivity index (χ0n) is 20.2. The number of halogens is 1. The molecular formula is C27H27BrN6O3. The molecule has 10 heteroatoms. The average molecular weight is 563 g/mol. The fourth-order valence-electron chi connectivity index (χ4n) is 5.45. The molecule has 0 saturated heterocycles. The van der Waals surface area contributed by atoms with Gasteiger partial charge < -0.3 is 15.0 Å². The minimum absolute atomic E-state index is 0.0389. The van der Waals surface area contributed by atoms with E-state index in [-0.39, 0.29) is 18.4 Å². The SMILES string of the molecule is O=C(C1CC1)N(Cc1ccc2[nH]c(-c3ccc(-c4nn[nH]n4)cc3)c(Br)c2c1)CC1(C(=O)O)CCCC1. The van der Waals surface area contributed by atoms with Gasteiger partial charge in [0.25, 0.3) is 0 Å². The lowest BCUT2D eigenvalue weighted by molar-refractivity contribution is -0.152. The Labute approximate surface area is 221 Å². The second kappa shape index (κ2) is 9.41. The van der Waals surface area contributed by atoms with Crippen molar-refractivity contribution in [1.82, 2.24) is 30.5 Å². The number of carbonyl (C=O) groups excluding carboxylic acids is 1. The molecule has 3 N–H and O–H groups in total. The predicted octanol–water partition coefficient (Wildman–Crippen LogP) is 5.16. The highest BCUT2D eigenvalue weighted by Crippen LogP contribution is 2.41. The zero-order valence-corrected chi connectivity index (χ0v) is 21.8. The summed E-state index contributed by atoms with van der Waals surface area (Å²) in [5.74, 6) is -0.114. The van der Waals surface area contributed by atoms with Crippen LogP contribution in [0, 0.1) is 11.3 Å². The minimum atomic E-state index is -0.829. The molecule has 2 aliphatic carbocycles. The van der Waals surface area contributed by atoms with E-state index in [0.29, 0.717) is 25.2 Å². The van der Waals surface area contributed by atoms with Gasteiger partial charge in [0, 0.05) is 35.5 Å². The molecule has 0 spiro atoms. The Morgan fingerprint density at radius 3 is 2.46 bits per heavy atom. The lowest BCUT2D eigenvalue weighted by atomic mass is 9.85. The Kier molecular flexibility index (Phi) is 6.06. The number of nitrogens with zero attached hydrogens (tertiary/aromatic N) is 4. The average Bonchev–Trinajstić information content (AvgIpc) is 3.27. The number of amides is 1. The van der Waals surface area contributed by atoms with Gasteiger partial charge in [-0.1, -0.05) is 43.2 Å². The molecule has 2 aromatic heterocycles. The van der Waals surface area contributed by atoms with Gasteiger partial charge >= 0.3 is 5.97 Å². The molecule has 37 heavy (non-hydrogen) atoms. The smallest absolute Gasteiger partial charge is 0.311 e. The maximum Gasteiger partial charge on any atom is 0.311 e. The topological polar surface area (TPSA) is 128 Å². The normalized spacial score (nSPS) is 16.8. The fraction of sp³-hybridized carbons (Fsp3) is 0.370.